The lowest BCUT2D eigenvalue weighted by Gasteiger charge is -2.05. The molecule has 24 heavy (non-hydrogen) atoms. The van der Waals surface area contributed by atoms with Crippen molar-refractivity contribution >= 4 is 80.1 Å². The van der Waals surface area contributed by atoms with Crippen molar-refractivity contribution < 1.29 is 0 Å². The zero-order chi connectivity index (χ0) is 16.5. The Bertz CT molecular complexity index is 791. The molecule has 6 heteroatoms. The molecule has 120 valence electrons. The van der Waals surface area contributed by atoms with Gasteiger partial charge >= 0.3 is 0 Å². The number of thioether (sulfide) groups is 4. The Morgan fingerprint density at radius 2 is 0.917 bits per heavy atom. The number of hydrogen-bond acceptors (Lipinski definition) is 4. The quantitative estimate of drug-likeness (QED) is 0.474. The summed E-state index contributed by atoms with van der Waals surface area (Å²) in [5.74, 6) is 0. The largest absolute Gasteiger partial charge is 0.0878 e. The third kappa shape index (κ3) is 3.74. The van der Waals surface area contributed by atoms with Crippen molar-refractivity contribution in [3.05, 3.63) is 89.0 Å². The van der Waals surface area contributed by atoms with Gasteiger partial charge in [0.15, 0.2) is 0 Å². The molecule has 0 unspecified atom stereocenters. The van der Waals surface area contributed by atoms with Gasteiger partial charge in [0.05, 0.1) is 8.47 Å². The molecule has 0 nitrogen and oxygen atoms in total. The van der Waals surface area contributed by atoms with Crippen molar-refractivity contribution in [1.29, 1.82) is 0 Å². The Morgan fingerprint density at radius 3 is 1.29 bits per heavy atom. The first kappa shape index (κ1) is 17.1. The molecule has 0 aromatic heterocycles. The van der Waals surface area contributed by atoms with E-state index in [0.717, 1.165) is 10.0 Å². The molecule has 0 bridgehead atoms. The van der Waals surface area contributed by atoms with Gasteiger partial charge in [-0.3, -0.25) is 0 Å². The van der Waals surface area contributed by atoms with E-state index in [-0.39, 0.29) is 0 Å². The highest BCUT2D eigenvalue weighted by molar-refractivity contribution is 8.36. The van der Waals surface area contributed by atoms with E-state index in [2.05, 4.69) is 35.1 Å². The molecule has 2 aromatic carbocycles. The zero-order valence-corrected chi connectivity index (χ0v) is 16.9. The summed E-state index contributed by atoms with van der Waals surface area (Å²) in [6.07, 6.45) is 0. The second kappa shape index (κ2) is 7.48. The van der Waals surface area contributed by atoms with Gasteiger partial charge < -0.3 is 0 Å². The molecule has 0 amide bonds. The third-order valence-electron chi connectivity index (χ3n) is 3.38. The van der Waals surface area contributed by atoms with Crippen LogP contribution in [-0.2, 0) is 0 Å². The Balaban J connectivity index is 1.48. The van der Waals surface area contributed by atoms with Crippen LogP contribution in [0, 0.1) is 0 Å². The van der Waals surface area contributed by atoms with Crippen LogP contribution in [0.1, 0.15) is 11.1 Å². The van der Waals surface area contributed by atoms with Crippen LogP contribution < -0.4 is 0 Å². The maximum atomic E-state index is 5.97. The first-order valence-electron chi connectivity index (χ1n) is 7.04. The van der Waals surface area contributed by atoms with Crippen LogP contribution in [0.2, 0.25) is 10.0 Å². The summed E-state index contributed by atoms with van der Waals surface area (Å²) in [4.78, 5) is 2.56. The molecule has 2 aromatic rings. The van der Waals surface area contributed by atoms with Gasteiger partial charge in [0.2, 0.25) is 0 Å². The van der Waals surface area contributed by atoms with Gasteiger partial charge in [0.25, 0.3) is 0 Å². The molecule has 0 aliphatic carbocycles. The van der Waals surface area contributed by atoms with Gasteiger partial charge in [-0.05, 0) is 46.2 Å². The van der Waals surface area contributed by atoms with Gasteiger partial charge in [-0.25, -0.2) is 0 Å². The number of halogens is 2. The summed E-state index contributed by atoms with van der Waals surface area (Å²) < 4.78 is 2.69. The van der Waals surface area contributed by atoms with Crippen molar-refractivity contribution in [1.82, 2.24) is 0 Å². The second-order valence-corrected chi connectivity index (χ2v) is 10.2. The molecule has 0 atom stereocenters. The second-order valence-electron chi connectivity index (χ2n) is 4.99. The van der Waals surface area contributed by atoms with Crippen LogP contribution in [0.25, 0.3) is 9.81 Å². The molecule has 4 rings (SSSR count). The Kier molecular flexibility index (Phi) is 5.32. The van der Waals surface area contributed by atoms with E-state index in [4.69, 9.17) is 23.2 Å². The number of hydrogen-bond donors (Lipinski definition) is 0. The summed E-state index contributed by atoms with van der Waals surface area (Å²) in [6.45, 7) is 0. The number of benzene rings is 2. The maximum absolute atomic E-state index is 5.97. The van der Waals surface area contributed by atoms with E-state index in [1.165, 1.54) is 29.4 Å². The Hall–Kier alpha value is -0.360. The smallest absolute Gasteiger partial charge is 0.0700 e. The molecule has 0 spiro atoms. The van der Waals surface area contributed by atoms with E-state index in [9.17, 15) is 0 Å². The minimum absolute atomic E-state index is 0.771. The molecular formula is C18H10Cl2S4. The monoisotopic (exact) mass is 424 g/mol. The van der Waals surface area contributed by atoms with Crippen LogP contribution >= 0.6 is 70.2 Å². The summed E-state index contributed by atoms with van der Waals surface area (Å²) in [5, 5.41) is 5.98. The van der Waals surface area contributed by atoms with Crippen LogP contribution in [0.15, 0.2) is 67.8 Å². The minimum Gasteiger partial charge on any atom is -0.0878 e. The minimum atomic E-state index is 0.771. The van der Waals surface area contributed by atoms with Gasteiger partial charge in [-0.1, -0.05) is 94.5 Å². The fourth-order valence-electron chi connectivity index (χ4n) is 2.17. The van der Waals surface area contributed by atoms with E-state index in [1.54, 1.807) is 23.5 Å². The first-order chi connectivity index (χ1) is 11.7. The SMILES string of the molecule is Clc1ccc(C2=CS/C(=C3\SC=C(c4ccc(Cl)cc4)S3)S2)cc1. The average Bonchev–Trinajstić information content (AvgIpc) is 3.25. The Labute approximate surface area is 168 Å². The highest BCUT2D eigenvalue weighted by Crippen LogP contribution is 2.58. The normalized spacial score (nSPS) is 20.2. The standard InChI is InChI=1S/C18H10Cl2S4/c19-13-5-1-11(2-6-13)15-9-21-17(23-15)18-22-10-16(24-18)12-3-7-14(20)8-4-12/h1-10H/b18-17-. The van der Waals surface area contributed by atoms with Crippen molar-refractivity contribution in [2.24, 2.45) is 0 Å². The third-order valence-corrected chi connectivity index (χ3v) is 9.24. The fraction of sp³-hybridized carbons (Fsp3) is 0. The molecule has 0 N–H and O–H groups in total. The number of rotatable bonds is 2. The van der Waals surface area contributed by atoms with E-state index in [0.29, 0.717) is 0 Å². The molecule has 0 saturated carbocycles. The van der Waals surface area contributed by atoms with Crippen LogP contribution in [0.3, 0.4) is 0 Å². The molecule has 0 fully saturated rings. The molecule has 2 aliphatic rings. The lowest BCUT2D eigenvalue weighted by Crippen LogP contribution is -1.77. The van der Waals surface area contributed by atoms with Crippen molar-refractivity contribution in [2.75, 3.05) is 0 Å². The molecular weight excluding hydrogens is 415 g/mol. The summed E-state index contributed by atoms with van der Waals surface area (Å²) in [5.41, 5.74) is 2.43. The lowest BCUT2D eigenvalue weighted by atomic mass is 10.2. The predicted molar refractivity (Wildman–Crippen MR) is 116 cm³/mol. The average molecular weight is 425 g/mol. The molecule has 0 radical (unpaired) electrons. The van der Waals surface area contributed by atoms with Gasteiger partial charge in [-0.15, -0.1) is 0 Å². The highest BCUT2D eigenvalue weighted by atomic mass is 35.5. The van der Waals surface area contributed by atoms with Gasteiger partial charge in [0.1, 0.15) is 0 Å². The first-order valence-corrected chi connectivity index (χ1v) is 11.2. The van der Waals surface area contributed by atoms with Gasteiger partial charge in [-0.2, -0.15) is 0 Å². The zero-order valence-electron chi connectivity index (χ0n) is 12.2. The maximum Gasteiger partial charge on any atom is 0.0700 e. The lowest BCUT2D eigenvalue weighted by molar-refractivity contribution is 1.65. The van der Waals surface area contributed by atoms with Crippen LogP contribution in [0.4, 0.5) is 0 Å². The Morgan fingerprint density at radius 1 is 0.542 bits per heavy atom. The van der Waals surface area contributed by atoms with Crippen molar-refractivity contribution in [3.63, 3.8) is 0 Å². The summed E-state index contributed by atoms with van der Waals surface area (Å²) in [6, 6.07) is 16.0. The highest BCUT2D eigenvalue weighted by Gasteiger charge is 2.23. The van der Waals surface area contributed by atoms with Crippen LogP contribution in [-0.4, -0.2) is 0 Å². The molecule has 2 aliphatic heterocycles. The topological polar surface area (TPSA) is 0 Å². The summed E-state index contributed by atoms with van der Waals surface area (Å²) in [7, 11) is 0. The molecule has 2 heterocycles. The van der Waals surface area contributed by atoms with E-state index >= 15 is 0 Å². The predicted octanol–water partition coefficient (Wildman–Crippen LogP) is 8.38. The van der Waals surface area contributed by atoms with E-state index in [1.807, 2.05) is 47.8 Å². The van der Waals surface area contributed by atoms with Crippen LogP contribution in [0.5, 0.6) is 0 Å². The van der Waals surface area contributed by atoms with E-state index < -0.39 is 0 Å². The van der Waals surface area contributed by atoms with Crippen molar-refractivity contribution in [2.45, 2.75) is 0 Å². The molecule has 0 saturated heterocycles. The summed E-state index contributed by atoms with van der Waals surface area (Å²) >= 11 is 19.2. The van der Waals surface area contributed by atoms with Gasteiger partial charge in [0, 0.05) is 19.9 Å². The van der Waals surface area contributed by atoms with Crippen molar-refractivity contribution in [3.8, 4) is 0 Å². The fourth-order valence-corrected chi connectivity index (χ4v) is 7.35.